The van der Waals surface area contributed by atoms with Gasteiger partial charge in [0.25, 0.3) is 5.88 Å². The van der Waals surface area contributed by atoms with Crippen LogP contribution in [0, 0.1) is 0 Å². The number of aromatic nitrogens is 3. The monoisotopic (exact) mass is 500 g/mol. The highest BCUT2D eigenvalue weighted by atomic mass is 35.5. The molecule has 0 unspecified atom stereocenters. The van der Waals surface area contributed by atoms with E-state index in [1.165, 1.54) is 30.9 Å². The third kappa shape index (κ3) is 4.82. The van der Waals surface area contributed by atoms with Crippen LogP contribution in [0.15, 0.2) is 59.8 Å². The summed E-state index contributed by atoms with van der Waals surface area (Å²) >= 11 is 6.16. The first kappa shape index (κ1) is 23.5. The van der Waals surface area contributed by atoms with Crippen molar-refractivity contribution >= 4 is 38.7 Å². The van der Waals surface area contributed by atoms with Crippen LogP contribution < -0.4 is 14.8 Å². The Morgan fingerprint density at radius 2 is 1.91 bits per heavy atom. The minimum atomic E-state index is -3.58. The van der Waals surface area contributed by atoms with Crippen LogP contribution in [0.1, 0.15) is 5.56 Å². The van der Waals surface area contributed by atoms with E-state index >= 15 is 0 Å². The number of hydrogen-bond acceptors (Lipinski definition) is 7. The van der Waals surface area contributed by atoms with Crippen molar-refractivity contribution in [3.63, 3.8) is 0 Å². The van der Waals surface area contributed by atoms with Crippen molar-refractivity contribution in [2.45, 2.75) is 11.3 Å². The Morgan fingerprint density at radius 3 is 2.59 bits per heavy atom. The highest BCUT2D eigenvalue weighted by Crippen LogP contribution is 2.32. The van der Waals surface area contributed by atoms with Gasteiger partial charge in [-0.25, -0.2) is 12.9 Å². The molecule has 0 bridgehead atoms. The first-order valence-electron chi connectivity index (χ1n) is 10.0. The van der Waals surface area contributed by atoms with E-state index < -0.39 is 9.84 Å². The van der Waals surface area contributed by atoms with Crippen molar-refractivity contribution in [3.05, 3.63) is 65.4 Å². The van der Waals surface area contributed by atoms with Gasteiger partial charge >= 0.3 is 0 Å². The van der Waals surface area contributed by atoms with Gasteiger partial charge in [-0.05, 0) is 35.4 Å². The summed E-state index contributed by atoms with van der Waals surface area (Å²) in [5.74, 6) is 0.306. The smallest absolute Gasteiger partial charge is 0.260 e. The van der Waals surface area contributed by atoms with Crippen LogP contribution in [0.5, 0.6) is 11.6 Å². The van der Waals surface area contributed by atoms with Crippen LogP contribution in [0.2, 0.25) is 5.02 Å². The summed E-state index contributed by atoms with van der Waals surface area (Å²) in [6.45, 7) is 0. The fraction of sp³-hybridized carbons (Fsp3) is 0.174. The first-order chi connectivity index (χ1) is 16.2. The van der Waals surface area contributed by atoms with Gasteiger partial charge in [-0.3, -0.25) is 4.79 Å². The van der Waals surface area contributed by atoms with Crippen molar-refractivity contribution in [2.75, 3.05) is 25.8 Å². The molecule has 4 rings (SSSR count). The molecule has 0 atom stereocenters. The van der Waals surface area contributed by atoms with Crippen LogP contribution in [-0.2, 0) is 21.1 Å². The lowest BCUT2D eigenvalue weighted by Crippen LogP contribution is -2.15. The predicted molar refractivity (Wildman–Crippen MR) is 128 cm³/mol. The van der Waals surface area contributed by atoms with E-state index in [0.29, 0.717) is 38.8 Å². The van der Waals surface area contributed by atoms with E-state index in [1.54, 1.807) is 42.7 Å². The van der Waals surface area contributed by atoms with Gasteiger partial charge in [-0.15, -0.1) is 0 Å². The number of sulfone groups is 1. The van der Waals surface area contributed by atoms with Crippen molar-refractivity contribution < 1.29 is 22.7 Å². The summed E-state index contributed by atoms with van der Waals surface area (Å²) in [7, 11) is -0.626. The molecule has 0 aliphatic rings. The molecule has 0 aliphatic carbocycles. The van der Waals surface area contributed by atoms with Crippen LogP contribution in [-0.4, -0.2) is 49.4 Å². The molecule has 4 aromatic rings. The second-order valence-corrected chi connectivity index (χ2v) is 9.90. The normalized spacial score (nSPS) is 11.4. The number of methoxy groups -OCH3 is 2. The van der Waals surface area contributed by atoms with Gasteiger partial charge in [0.05, 0.1) is 37.9 Å². The maximum absolute atomic E-state index is 12.7. The van der Waals surface area contributed by atoms with E-state index in [9.17, 15) is 13.2 Å². The number of amides is 1. The lowest BCUT2D eigenvalue weighted by atomic mass is 10.1. The largest absolute Gasteiger partial charge is 0.490 e. The number of nitrogens with one attached hydrogen (secondary N) is 1. The zero-order valence-corrected chi connectivity index (χ0v) is 20.1. The number of carbonyl (C=O) groups excluding carboxylic acids is 1. The summed E-state index contributed by atoms with van der Waals surface area (Å²) in [5.41, 5.74) is 2.46. The van der Waals surface area contributed by atoms with Crippen LogP contribution in [0.4, 0.5) is 5.69 Å². The maximum Gasteiger partial charge on any atom is 0.260 e. The van der Waals surface area contributed by atoms with Crippen molar-refractivity contribution in [3.8, 4) is 22.8 Å². The molecule has 2 heterocycles. The van der Waals surface area contributed by atoms with Gasteiger partial charge < -0.3 is 14.8 Å². The second kappa shape index (κ2) is 9.32. The SMILES string of the molecule is COc1cn2ncc(-c3cc(NC(=O)Cc4ccccc4Cl)cc(S(C)(=O)=O)c3)c2nc1OC. The lowest BCUT2D eigenvalue weighted by molar-refractivity contribution is -0.115. The van der Waals surface area contributed by atoms with Gasteiger partial charge in [0.2, 0.25) is 5.91 Å². The van der Waals surface area contributed by atoms with E-state index in [2.05, 4.69) is 15.4 Å². The third-order valence-electron chi connectivity index (χ3n) is 5.08. The molecule has 1 amide bonds. The number of nitrogens with zero attached hydrogens (tertiary/aromatic N) is 3. The average molecular weight is 501 g/mol. The number of carbonyl (C=O) groups is 1. The van der Waals surface area contributed by atoms with Gasteiger partial charge in [0.15, 0.2) is 21.2 Å². The number of halogens is 1. The van der Waals surface area contributed by atoms with Crippen molar-refractivity contribution in [1.29, 1.82) is 0 Å². The molecule has 2 aromatic heterocycles. The zero-order chi connectivity index (χ0) is 24.5. The van der Waals surface area contributed by atoms with Crippen molar-refractivity contribution in [2.24, 2.45) is 0 Å². The summed E-state index contributed by atoms with van der Waals surface area (Å²) in [6, 6.07) is 11.6. The average Bonchev–Trinajstić information content (AvgIpc) is 3.21. The van der Waals surface area contributed by atoms with E-state index in [1.807, 2.05) is 0 Å². The number of anilines is 1. The second-order valence-electron chi connectivity index (χ2n) is 7.48. The third-order valence-corrected chi connectivity index (χ3v) is 6.54. The summed E-state index contributed by atoms with van der Waals surface area (Å²) < 4.78 is 36.8. The molecular formula is C23H21ClN4O5S. The highest BCUT2D eigenvalue weighted by molar-refractivity contribution is 7.90. The Hall–Kier alpha value is -3.63. The molecule has 1 N–H and O–H groups in total. The van der Waals surface area contributed by atoms with Gasteiger partial charge in [0.1, 0.15) is 0 Å². The van der Waals surface area contributed by atoms with Gasteiger partial charge in [0, 0.05) is 22.5 Å². The number of hydrogen-bond donors (Lipinski definition) is 1. The lowest BCUT2D eigenvalue weighted by Gasteiger charge is -2.11. The molecule has 176 valence electrons. The molecule has 11 heteroatoms. The predicted octanol–water partition coefficient (Wildman–Crippen LogP) is 3.65. The van der Waals surface area contributed by atoms with Gasteiger partial charge in [-0.2, -0.15) is 10.1 Å². The zero-order valence-electron chi connectivity index (χ0n) is 18.6. The summed E-state index contributed by atoms with van der Waals surface area (Å²) in [5, 5.41) is 7.54. The highest BCUT2D eigenvalue weighted by Gasteiger charge is 2.18. The minimum Gasteiger partial charge on any atom is -0.490 e. The molecule has 0 saturated carbocycles. The fourth-order valence-corrected chi connectivity index (χ4v) is 4.31. The van der Waals surface area contributed by atoms with Crippen LogP contribution in [0.3, 0.4) is 0 Å². The number of benzene rings is 2. The molecule has 0 saturated heterocycles. The summed E-state index contributed by atoms with van der Waals surface area (Å²) in [4.78, 5) is 17.2. The molecule has 2 aromatic carbocycles. The Kier molecular flexibility index (Phi) is 6.45. The maximum atomic E-state index is 12.7. The summed E-state index contributed by atoms with van der Waals surface area (Å²) in [6.07, 6.45) is 4.30. The Morgan fingerprint density at radius 1 is 1.15 bits per heavy atom. The first-order valence-corrected chi connectivity index (χ1v) is 12.3. The topological polar surface area (TPSA) is 112 Å². The molecule has 9 nitrogen and oxygen atoms in total. The molecular weight excluding hydrogens is 480 g/mol. The van der Waals surface area contributed by atoms with Crippen LogP contribution >= 0.6 is 11.6 Å². The van der Waals surface area contributed by atoms with E-state index in [4.69, 9.17) is 21.1 Å². The number of fused-ring (bicyclic) bond motifs is 1. The van der Waals surface area contributed by atoms with Crippen LogP contribution in [0.25, 0.3) is 16.8 Å². The standard InChI is InChI=1S/C23H21ClN4O5S/c1-32-20-13-28-22(27-23(20)33-2)18(12-25-28)15-8-16(11-17(9-15)34(3,30)31)26-21(29)10-14-6-4-5-7-19(14)24/h4-9,11-13H,10H2,1-3H3,(H,26,29). The Labute approximate surface area is 201 Å². The van der Waals surface area contributed by atoms with E-state index in [0.717, 1.165) is 6.26 Å². The minimum absolute atomic E-state index is 0.0351. The number of rotatable bonds is 7. The quantitative estimate of drug-likeness (QED) is 0.412. The molecule has 0 fully saturated rings. The Bertz CT molecular complexity index is 1500. The molecule has 34 heavy (non-hydrogen) atoms. The van der Waals surface area contributed by atoms with Crippen molar-refractivity contribution in [1.82, 2.24) is 14.6 Å². The molecule has 0 spiro atoms. The Balaban J connectivity index is 1.76. The van der Waals surface area contributed by atoms with E-state index in [-0.39, 0.29) is 23.1 Å². The molecule has 0 radical (unpaired) electrons. The number of ether oxygens (including phenoxy) is 2. The fourth-order valence-electron chi connectivity index (χ4n) is 3.43. The van der Waals surface area contributed by atoms with Gasteiger partial charge in [-0.1, -0.05) is 29.8 Å². The molecule has 0 aliphatic heterocycles.